The van der Waals surface area contributed by atoms with Crippen LogP contribution in [0, 0.1) is 5.41 Å². The summed E-state index contributed by atoms with van der Waals surface area (Å²) in [6.45, 7) is 13.9. The Bertz CT molecular complexity index is 1100. The fourth-order valence-electron chi connectivity index (χ4n) is 4.27. The highest BCUT2D eigenvalue weighted by molar-refractivity contribution is 7.80. The highest BCUT2D eigenvalue weighted by atomic mass is 31.1. The second-order valence-electron chi connectivity index (χ2n) is 10.8. The maximum Gasteiger partial charge on any atom is -0.00728 e. The Balaban J connectivity index is 1.94. The molecule has 0 fully saturated rings. The Hall–Kier alpha value is -2.43. The number of rotatable bonds is 4. The van der Waals surface area contributed by atoms with Crippen LogP contribution in [0.2, 0.25) is 0 Å². The second-order valence-corrected chi connectivity index (χ2v) is 13.0. The van der Waals surface area contributed by atoms with Crippen molar-refractivity contribution in [1.29, 1.82) is 0 Å². The molecule has 0 saturated carbocycles. The third-order valence-corrected chi connectivity index (χ3v) is 8.70. The molecule has 1 aliphatic rings. The Morgan fingerprint density at radius 1 is 0.656 bits per heavy atom. The minimum absolute atomic E-state index is 0.112. The zero-order valence-corrected chi connectivity index (χ0v) is 21.2. The first-order valence-corrected chi connectivity index (χ1v) is 12.9. The van der Waals surface area contributed by atoms with Crippen LogP contribution in [0.4, 0.5) is 0 Å². The Kier molecular flexibility index (Phi) is 6.28. The van der Waals surface area contributed by atoms with Crippen molar-refractivity contribution in [1.82, 2.24) is 0 Å². The van der Waals surface area contributed by atoms with Gasteiger partial charge >= 0.3 is 0 Å². The summed E-state index contributed by atoms with van der Waals surface area (Å²) in [5.74, 6) is 0. The summed E-state index contributed by atoms with van der Waals surface area (Å²) in [7, 11) is -0.653. The molecule has 0 bridgehead atoms. The van der Waals surface area contributed by atoms with Gasteiger partial charge in [0.1, 0.15) is 0 Å². The fraction of sp³-hybridized carbons (Fsp3) is 0.290. The van der Waals surface area contributed by atoms with E-state index in [0.29, 0.717) is 0 Å². The molecule has 0 saturated heterocycles. The lowest BCUT2D eigenvalue weighted by molar-refractivity contribution is 0.518. The number of benzene rings is 3. The van der Waals surface area contributed by atoms with E-state index in [1.54, 1.807) is 0 Å². The van der Waals surface area contributed by atoms with E-state index in [4.69, 9.17) is 0 Å². The molecule has 0 radical (unpaired) electrons. The highest BCUT2D eigenvalue weighted by Crippen LogP contribution is 2.41. The Morgan fingerprint density at radius 2 is 1.22 bits per heavy atom. The van der Waals surface area contributed by atoms with Gasteiger partial charge in [0.25, 0.3) is 0 Å². The van der Waals surface area contributed by atoms with Crippen molar-refractivity contribution in [2.45, 2.75) is 53.4 Å². The lowest BCUT2D eigenvalue weighted by Crippen LogP contribution is -2.25. The zero-order chi connectivity index (χ0) is 22.9. The predicted molar refractivity (Wildman–Crippen MR) is 144 cm³/mol. The molecule has 4 rings (SSSR count). The number of hydrogen-bond donors (Lipinski definition) is 0. The normalized spacial score (nSPS) is 14.5. The zero-order valence-electron chi connectivity index (χ0n) is 20.3. The van der Waals surface area contributed by atoms with Crippen LogP contribution in [0.25, 0.3) is 5.57 Å². The maximum absolute atomic E-state index is 2.50. The van der Waals surface area contributed by atoms with Gasteiger partial charge in [-0.05, 0) is 69.4 Å². The highest BCUT2D eigenvalue weighted by Gasteiger charge is 2.26. The van der Waals surface area contributed by atoms with Crippen molar-refractivity contribution in [2.75, 3.05) is 0 Å². The van der Waals surface area contributed by atoms with Crippen molar-refractivity contribution in [3.63, 3.8) is 0 Å². The molecule has 1 heteroatoms. The molecule has 0 unspecified atom stereocenters. The van der Waals surface area contributed by atoms with Gasteiger partial charge < -0.3 is 0 Å². The monoisotopic (exact) mass is 438 g/mol. The third-order valence-electron chi connectivity index (χ3n) is 6.22. The van der Waals surface area contributed by atoms with Crippen LogP contribution in [0.3, 0.4) is 0 Å². The van der Waals surface area contributed by atoms with Gasteiger partial charge in [-0.1, -0.05) is 126 Å². The predicted octanol–water partition coefficient (Wildman–Crippen LogP) is 7.50. The van der Waals surface area contributed by atoms with Crippen LogP contribution in [0.5, 0.6) is 0 Å². The van der Waals surface area contributed by atoms with Gasteiger partial charge in [0.15, 0.2) is 0 Å². The largest absolute Gasteiger partial charge is 0.0763 e. The van der Waals surface area contributed by atoms with E-state index in [-0.39, 0.29) is 10.8 Å². The summed E-state index contributed by atoms with van der Waals surface area (Å²) in [5.41, 5.74) is 5.99. The first-order valence-electron chi connectivity index (χ1n) is 11.6. The molecule has 0 aromatic heterocycles. The molecule has 3 aromatic rings. The summed E-state index contributed by atoms with van der Waals surface area (Å²) < 4.78 is 0. The van der Waals surface area contributed by atoms with Gasteiger partial charge in [-0.15, -0.1) is 0 Å². The molecule has 32 heavy (non-hydrogen) atoms. The van der Waals surface area contributed by atoms with E-state index in [2.05, 4.69) is 133 Å². The van der Waals surface area contributed by atoms with E-state index >= 15 is 0 Å². The smallest absolute Gasteiger partial charge is 0.00728 e. The van der Waals surface area contributed by atoms with Crippen molar-refractivity contribution in [3.05, 3.63) is 108 Å². The lowest BCUT2D eigenvalue weighted by Gasteiger charge is -2.27. The van der Waals surface area contributed by atoms with Crippen molar-refractivity contribution in [3.8, 4) is 0 Å². The molecule has 0 N–H and O–H groups in total. The SMILES string of the molecule is CC(C)(C)C1=CCC(c2ccc(C(C)(C)C)cc2P(c2ccccc2)c2ccccc2)=C1. The second kappa shape index (κ2) is 8.84. The molecule has 1 aliphatic carbocycles. The van der Waals surface area contributed by atoms with Crippen molar-refractivity contribution >= 4 is 29.4 Å². The summed E-state index contributed by atoms with van der Waals surface area (Å²) in [5, 5.41) is 4.28. The molecule has 164 valence electrons. The van der Waals surface area contributed by atoms with Gasteiger partial charge in [-0.3, -0.25) is 0 Å². The van der Waals surface area contributed by atoms with Crippen LogP contribution in [0.1, 0.15) is 59.1 Å². The van der Waals surface area contributed by atoms with E-state index in [1.165, 1.54) is 38.2 Å². The molecule has 0 atom stereocenters. The average Bonchev–Trinajstić information content (AvgIpc) is 3.26. The van der Waals surface area contributed by atoms with E-state index in [9.17, 15) is 0 Å². The van der Waals surface area contributed by atoms with E-state index in [1.807, 2.05) is 0 Å². The Morgan fingerprint density at radius 3 is 1.69 bits per heavy atom. The number of allylic oxidation sites excluding steroid dienone is 4. The molecule has 0 amide bonds. The molecule has 0 nitrogen and oxygen atoms in total. The van der Waals surface area contributed by atoms with Crippen LogP contribution in [-0.4, -0.2) is 0 Å². The van der Waals surface area contributed by atoms with Gasteiger partial charge in [-0.25, -0.2) is 0 Å². The van der Waals surface area contributed by atoms with Crippen molar-refractivity contribution in [2.24, 2.45) is 5.41 Å². The summed E-state index contributed by atoms with van der Waals surface area (Å²) in [6.07, 6.45) is 5.88. The first-order chi connectivity index (χ1) is 15.1. The van der Waals surface area contributed by atoms with E-state index in [0.717, 1.165) is 6.42 Å². The topological polar surface area (TPSA) is 0 Å². The molecule has 0 aliphatic heterocycles. The van der Waals surface area contributed by atoms with Crippen LogP contribution >= 0.6 is 7.92 Å². The minimum Gasteiger partial charge on any atom is -0.0763 e. The number of hydrogen-bond acceptors (Lipinski definition) is 0. The van der Waals surface area contributed by atoms with Gasteiger partial charge in [0.05, 0.1) is 0 Å². The fourth-order valence-corrected chi connectivity index (χ4v) is 6.79. The summed E-state index contributed by atoms with van der Waals surface area (Å²) in [6, 6.07) is 29.4. The quantitative estimate of drug-likeness (QED) is 0.370. The standard InChI is InChI=1S/C31H35P/c1-30(2,3)24-18-17-23(21-24)28-20-19-25(31(4,5)6)22-29(28)32(26-13-9-7-10-14-26)27-15-11-8-12-16-27/h7-16,18-22H,17H2,1-6H3. The van der Waals surface area contributed by atoms with E-state index < -0.39 is 7.92 Å². The van der Waals surface area contributed by atoms with Gasteiger partial charge in [-0.2, -0.15) is 0 Å². The average molecular weight is 439 g/mol. The van der Waals surface area contributed by atoms with Crippen LogP contribution in [0.15, 0.2) is 96.6 Å². The molecular weight excluding hydrogens is 403 g/mol. The van der Waals surface area contributed by atoms with Crippen LogP contribution < -0.4 is 15.9 Å². The molecular formula is C31H35P. The van der Waals surface area contributed by atoms with Crippen LogP contribution in [-0.2, 0) is 5.41 Å². The van der Waals surface area contributed by atoms with Crippen molar-refractivity contribution < 1.29 is 0 Å². The summed E-state index contributed by atoms with van der Waals surface area (Å²) >= 11 is 0. The summed E-state index contributed by atoms with van der Waals surface area (Å²) in [4.78, 5) is 0. The third kappa shape index (κ3) is 4.82. The van der Waals surface area contributed by atoms with Gasteiger partial charge in [0.2, 0.25) is 0 Å². The molecule has 3 aromatic carbocycles. The first kappa shape index (κ1) is 22.8. The van der Waals surface area contributed by atoms with Gasteiger partial charge in [0, 0.05) is 0 Å². The Labute approximate surface area is 195 Å². The maximum atomic E-state index is 2.50. The molecule has 0 spiro atoms. The molecule has 0 heterocycles. The lowest BCUT2D eigenvalue weighted by atomic mass is 9.85. The minimum atomic E-state index is -0.653.